The summed E-state index contributed by atoms with van der Waals surface area (Å²) in [4.78, 5) is 13.9. The van der Waals surface area contributed by atoms with Crippen molar-refractivity contribution >= 4 is 5.91 Å². The van der Waals surface area contributed by atoms with Gasteiger partial charge in [-0.2, -0.15) is 0 Å². The van der Waals surface area contributed by atoms with Crippen LogP contribution in [0.5, 0.6) is 5.75 Å². The zero-order chi connectivity index (χ0) is 15.4. The number of likely N-dealkylation sites (tertiary alicyclic amines) is 1. The molecule has 1 aliphatic rings. The van der Waals surface area contributed by atoms with Crippen molar-refractivity contribution in [1.29, 1.82) is 0 Å². The summed E-state index contributed by atoms with van der Waals surface area (Å²) in [7, 11) is 1.43. The molecule has 1 aromatic rings. The number of nitrogens with zero attached hydrogens (tertiary/aromatic N) is 1. The minimum Gasteiger partial charge on any atom is -0.494 e. The number of methoxy groups -OCH3 is 1. The molecule has 0 aromatic heterocycles. The molecule has 0 spiro atoms. The molecular formula is C16H23FN2O2. The molecule has 0 aliphatic carbocycles. The van der Waals surface area contributed by atoms with Gasteiger partial charge in [-0.25, -0.2) is 4.39 Å². The Bertz CT molecular complexity index is 507. The Balaban J connectivity index is 2.04. The van der Waals surface area contributed by atoms with E-state index in [1.54, 1.807) is 17.0 Å². The molecule has 0 radical (unpaired) electrons. The predicted molar refractivity (Wildman–Crippen MR) is 79.5 cm³/mol. The van der Waals surface area contributed by atoms with Crippen LogP contribution in [-0.4, -0.2) is 31.0 Å². The number of benzene rings is 1. The van der Waals surface area contributed by atoms with Crippen molar-refractivity contribution in [3.05, 3.63) is 29.6 Å². The molecule has 2 unspecified atom stereocenters. The predicted octanol–water partition coefficient (Wildman–Crippen LogP) is 2.48. The lowest BCUT2D eigenvalue weighted by atomic mass is 10.0. The first-order valence-electron chi connectivity index (χ1n) is 7.38. The number of ether oxygens (including phenoxy) is 1. The highest BCUT2D eigenvalue weighted by Crippen LogP contribution is 2.23. The van der Waals surface area contributed by atoms with Crippen molar-refractivity contribution in [3.8, 4) is 5.75 Å². The van der Waals surface area contributed by atoms with Gasteiger partial charge in [0.25, 0.3) is 0 Å². The van der Waals surface area contributed by atoms with Crippen molar-refractivity contribution in [2.75, 3.05) is 20.2 Å². The Hall–Kier alpha value is -1.62. The summed E-state index contributed by atoms with van der Waals surface area (Å²) in [6.07, 6.45) is 2.50. The summed E-state index contributed by atoms with van der Waals surface area (Å²) in [6.45, 7) is 3.32. The summed E-state index contributed by atoms with van der Waals surface area (Å²) in [5.41, 5.74) is 6.81. The van der Waals surface area contributed by atoms with Crippen LogP contribution in [0.1, 0.15) is 37.8 Å². The van der Waals surface area contributed by atoms with E-state index in [2.05, 4.69) is 6.92 Å². The number of nitrogens with two attached hydrogens (primary N) is 1. The zero-order valence-electron chi connectivity index (χ0n) is 12.6. The molecule has 4 nitrogen and oxygen atoms in total. The molecule has 0 bridgehead atoms. The summed E-state index contributed by atoms with van der Waals surface area (Å²) >= 11 is 0. The van der Waals surface area contributed by atoms with Gasteiger partial charge in [-0.1, -0.05) is 13.0 Å². The first-order valence-corrected chi connectivity index (χ1v) is 7.38. The number of amides is 1. The second kappa shape index (κ2) is 6.89. The number of rotatable bonds is 4. The van der Waals surface area contributed by atoms with Crippen LogP contribution in [0.4, 0.5) is 4.39 Å². The fraction of sp³-hybridized carbons (Fsp3) is 0.562. The maximum atomic E-state index is 13.7. The normalized spacial score (nSPS) is 21.0. The molecular weight excluding hydrogens is 271 g/mol. The van der Waals surface area contributed by atoms with E-state index in [0.29, 0.717) is 24.4 Å². The number of hydrogen-bond donors (Lipinski definition) is 1. The van der Waals surface area contributed by atoms with E-state index in [-0.39, 0.29) is 17.7 Å². The molecule has 1 amide bonds. The standard InChI is InChI=1S/C16H23FN2O2/c1-11-3-6-16(20)19(8-7-11)10-14(18)12-4-5-15(21-2)13(17)9-12/h4-5,9,11,14H,3,6-8,10,18H2,1-2H3. The first kappa shape index (κ1) is 15.8. The van der Waals surface area contributed by atoms with Gasteiger partial charge < -0.3 is 15.4 Å². The van der Waals surface area contributed by atoms with Gasteiger partial charge in [-0.3, -0.25) is 4.79 Å². The van der Waals surface area contributed by atoms with Crippen LogP contribution in [0, 0.1) is 11.7 Å². The van der Waals surface area contributed by atoms with E-state index in [9.17, 15) is 9.18 Å². The topological polar surface area (TPSA) is 55.6 Å². The number of hydrogen-bond acceptors (Lipinski definition) is 3. The smallest absolute Gasteiger partial charge is 0.222 e. The van der Waals surface area contributed by atoms with Crippen molar-refractivity contribution in [2.45, 2.75) is 32.2 Å². The lowest BCUT2D eigenvalue weighted by Gasteiger charge is -2.25. The Morgan fingerprint density at radius 1 is 1.48 bits per heavy atom. The zero-order valence-corrected chi connectivity index (χ0v) is 12.6. The highest BCUT2D eigenvalue weighted by molar-refractivity contribution is 5.76. The van der Waals surface area contributed by atoms with Crippen molar-refractivity contribution in [3.63, 3.8) is 0 Å². The van der Waals surface area contributed by atoms with E-state index in [4.69, 9.17) is 10.5 Å². The quantitative estimate of drug-likeness (QED) is 0.928. The fourth-order valence-corrected chi connectivity index (χ4v) is 2.62. The molecule has 5 heteroatoms. The van der Waals surface area contributed by atoms with Crippen LogP contribution in [0.2, 0.25) is 0 Å². The Labute approximate surface area is 125 Å². The molecule has 1 fully saturated rings. The van der Waals surface area contributed by atoms with E-state index < -0.39 is 5.82 Å². The van der Waals surface area contributed by atoms with Gasteiger partial charge >= 0.3 is 0 Å². The van der Waals surface area contributed by atoms with Crippen LogP contribution in [0.15, 0.2) is 18.2 Å². The molecule has 1 heterocycles. The van der Waals surface area contributed by atoms with E-state index in [1.807, 2.05) is 0 Å². The molecule has 1 aromatic carbocycles. The third-order valence-corrected chi connectivity index (χ3v) is 4.12. The van der Waals surface area contributed by atoms with Gasteiger partial charge in [-0.05, 0) is 36.5 Å². The first-order chi connectivity index (χ1) is 10.0. The second-order valence-corrected chi connectivity index (χ2v) is 5.77. The molecule has 2 N–H and O–H groups in total. The SMILES string of the molecule is COc1ccc(C(N)CN2CCC(C)CCC2=O)cc1F. The average molecular weight is 294 g/mol. The van der Waals surface area contributed by atoms with Gasteiger partial charge in [-0.15, -0.1) is 0 Å². The second-order valence-electron chi connectivity index (χ2n) is 5.77. The molecule has 116 valence electrons. The molecule has 2 atom stereocenters. The van der Waals surface area contributed by atoms with E-state index in [0.717, 1.165) is 19.4 Å². The van der Waals surface area contributed by atoms with Crippen LogP contribution in [-0.2, 0) is 4.79 Å². The van der Waals surface area contributed by atoms with Crippen LogP contribution >= 0.6 is 0 Å². The maximum absolute atomic E-state index is 13.7. The van der Waals surface area contributed by atoms with Gasteiger partial charge in [0.2, 0.25) is 5.91 Å². The Morgan fingerprint density at radius 2 is 2.24 bits per heavy atom. The lowest BCUT2D eigenvalue weighted by Crippen LogP contribution is -2.36. The highest BCUT2D eigenvalue weighted by Gasteiger charge is 2.22. The van der Waals surface area contributed by atoms with Gasteiger partial charge in [0.05, 0.1) is 7.11 Å². The Kier molecular flexibility index (Phi) is 5.17. The van der Waals surface area contributed by atoms with Crippen molar-refractivity contribution in [2.24, 2.45) is 11.7 Å². The highest BCUT2D eigenvalue weighted by atomic mass is 19.1. The molecule has 1 saturated heterocycles. The van der Waals surface area contributed by atoms with Crippen LogP contribution < -0.4 is 10.5 Å². The molecule has 0 saturated carbocycles. The minimum atomic E-state index is -0.429. The summed E-state index contributed by atoms with van der Waals surface area (Å²) in [6, 6.07) is 4.31. The van der Waals surface area contributed by atoms with Crippen LogP contribution in [0.3, 0.4) is 0 Å². The van der Waals surface area contributed by atoms with Crippen molar-refractivity contribution < 1.29 is 13.9 Å². The summed E-state index contributed by atoms with van der Waals surface area (Å²) in [5.74, 6) is 0.476. The van der Waals surface area contributed by atoms with Crippen molar-refractivity contribution in [1.82, 2.24) is 4.90 Å². The fourth-order valence-electron chi connectivity index (χ4n) is 2.62. The number of carbonyl (C=O) groups is 1. The summed E-state index contributed by atoms with van der Waals surface area (Å²) in [5, 5.41) is 0. The van der Waals surface area contributed by atoms with E-state index in [1.165, 1.54) is 13.2 Å². The third-order valence-electron chi connectivity index (χ3n) is 4.12. The molecule has 1 aliphatic heterocycles. The number of halogens is 1. The van der Waals surface area contributed by atoms with Gasteiger partial charge in [0.15, 0.2) is 11.6 Å². The van der Waals surface area contributed by atoms with Crippen LogP contribution in [0.25, 0.3) is 0 Å². The molecule has 2 rings (SSSR count). The lowest BCUT2D eigenvalue weighted by molar-refractivity contribution is -0.130. The summed E-state index contributed by atoms with van der Waals surface area (Å²) < 4.78 is 18.6. The molecule has 21 heavy (non-hydrogen) atoms. The van der Waals surface area contributed by atoms with Gasteiger partial charge in [0, 0.05) is 25.6 Å². The third kappa shape index (κ3) is 3.94. The maximum Gasteiger partial charge on any atom is 0.222 e. The Morgan fingerprint density at radius 3 is 2.90 bits per heavy atom. The largest absolute Gasteiger partial charge is 0.494 e. The number of carbonyl (C=O) groups excluding carboxylic acids is 1. The monoisotopic (exact) mass is 294 g/mol. The van der Waals surface area contributed by atoms with Gasteiger partial charge in [0.1, 0.15) is 0 Å². The average Bonchev–Trinajstić information content (AvgIpc) is 2.62. The minimum absolute atomic E-state index is 0.142. The van der Waals surface area contributed by atoms with E-state index >= 15 is 0 Å².